The number of esters is 1. The molecule has 0 bridgehead atoms. The fourth-order valence-electron chi connectivity index (χ4n) is 2.62. The quantitative estimate of drug-likeness (QED) is 0.797. The van der Waals surface area contributed by atoms with Crippen LogP contribution in [0.25, 0.3) is 0 Å². The molecule has 1 aromatic heterocycles. The molecule has 0 radical (unpaired) electrons. The number of hydrogen-bond acceptors (Lipinski definition) is 5. The summed E-state index contributed by atoms with van der Waals surface area (Å²) in [5, 5.41) is 3.40. The Hall–Kier alpha value is -1.46. The van der Waals surface area contributed by atoms with Crippen molar-refractivity contribution in [3.63, 3.8) is 0 Å². The number of methoxy groups -OCH3 is 1. The van der Waals surface area contributed by atoms with E-state index in [1.54, 1.807) is 6.07 Å². The molecule has 1 unspecified atom stereocenters. The Balaban J connectivity index is 2.07. The molecule has 1 aromatic rings. The zero-order chi connectivity index (χ0) is 14.4. The number of hydrogen-bond donors (Lipinski definition) is 1. The highest BCUT2D eigenvalue weighted by atomic mass is 16.5. The lowest BCUT2D eigenvalue weighted by Crippen LogP contribution is -2.37. The van der Waals surface area contributed by atoms with Gasteiger partial charge in [0, 0.05) is 19.1 Å². The van der Waals surface area contributed by atoms with E-state index >= 15 is 0 Å². The molecule has 0 amide bonds. The van der Waals surface area contributed by atoms with Gasteiger partial charge in [-0.25, -0.2) is 9.78 Å². The molecule has 1 aliphatic rings. The number of ether oxygens (including phenoxy) is 1. The molecular weight excluding hydrogens is 254 g/mol. The van der Waals surface area contributed by atoms with Gasteiger partial charge < -0.3 is 10.1 Å². The van der Waals surface area contributed by atoms with Gasteiger partial charge in [-0.15, -0.1) is 0 Å². The van der Waals surface area contributed by atoms with Gasteiger partial charge in [0.1, 0.15) is 5.69 Å². The van der Waals surface area contributed by atoms with Crippen LogP contribution in [0, 0.1) is 0 Å². The van der Waals surface area contributed by atoms with Crippen molar-refractivity contribution in [1.82, 2.24) is 15.2 Å². The van der Waals surface area contributed by atoms with E-state index in [0.29, 0.717) is 11.7 Å². The van der Waals surface area contributed by atoms with Crippen LogP contribution in [0.4, 0.5) is 0 Å². The first kappa shape index (κ1) is 14.9. The molecule has 2 rings (SSSR count). The van der Waals surface area contributed by atoms with Crippen LogP contribution in [-0.4, -0.2) is 48.6 Å². The van der Waals surface area contributed by atoms with E-state index in [9.17, 15) is 4.79 Å². The van der Waals surface area contributed by atoms with Gasteiger partial charge >= 0.3 is 5.97 Å². The van der Waals surface area contributed by atoms with Gasteiger partial charge in [0.15, 0.2) is 0 Å². The lowest BCUT2D eigenvalue weighted by molar-refractivity contribution is 0.0593. The zero-order valence-electron chi connectivity index (χ0n) is 12.3. The lowest BCUT2D eigenvalue weighted by Gasteiger charge is -2.27. The van der Waals surface area contributed by atoms with Crippen LogP contribution in [0.5, 0.6) is 0 Å². The van der Waals surface area contributed by atoms with Crippen molar-refractivity contribution in [3.05, 3.63) is 29.6 Å². The third kappa shape index (κ3) is 3.77. The summed E-state index contributed by atoms with van der Waals surface area (Å²) in [7, 11) is 1.38. The monoisotopic (exact) mass is 277 g/mol. The van der Waals surface area contributed by atoms with Crippen molar-refractivity contribution in [2.75, 3.05) is 26.7 Å². The van der Waals surface area contributed by atoms with Gasteiger partial charge in [-0.3, -0.25) is 4.90 Å². The predicted molar refractivity (Wildman–Crippen MR) is 77.6 cm³/mol. The molecule has 1 fully saturated rings. The standard InChI is InChI=1S/C15H23N3O2/c1-3-9-18(13-7-8-16-10-13)11-12-5-4-6-14(17-12)15(19)20-2/h4-6,13,16H,3,7-11H2,1-2H3. The van der Waals surface area contributed by atoms with Crippen molar-refractivity contribution in [1.29, 1.82) is 0 Å². The minimum atomic E-state index is -0.378. The number of rotatable bonds is 6. The average molecular weight is 277 g/mol. The van der Waals surface area contributed by atoms with E-state index in [0.717, 1.165) is 38.3 Å². The predicted octanol–water partition coefficient (Wildman–Crippen LogP) is 1.44. The highest BCUT2D eigenvalue weighted by Crippen LogP contribution is 2.13. The Morgan fingerprint density at radius 1 is 1.55 bits per heavy atom. The summed E-state index contributed by atoms with van der Waals surface area (Å²) < 4.78 is 4.72. The maximum Gasteiger partial charge on any atom is 0.356 e. The molecule has 110 valence electrons. The summed E-state index contributed by atoms with van der Waals surface area (Å²) in [4.78, 5) is 18.4. The fourth-order valence-corrected chi connectivity index (χ4v) is 2.62. The number of carbonyl (C=O) groups excluding carboxylic acids is 1. The first-order chi connectivity index (χ1) is 9.74. The van der Waals surface area contributed by atoms with Crippen LogP contribution in [0.15, 0.2) is 18.2 Å². The molecular formula is C15H23N3O2. The Kier molecular flexibility index (Phi) is 5.49. The van der Waals surface area contributed by atoms with E-state index in [-0.39, 0.29) is 5.97 Å². The maximum absolute atomic E-state index is 11.5. The van der Waals surface area contributed by atoms with Gasteiger partial charge in [-0.1, -0.05) is 13.0 Å². The van der Waals surface area contributed by atoms with Gasteiger partial charge in [0.05, 0.1) is 12.8 Å². The van der Waals surface area contributed by atoms with Crippen LogP contribution in [-0.2, 0) is 11.3 Å². The lowest BCUT2D eigenvalue weighted by atomic mass is 10.2. The molecule has 1 saturated heterocycles. The second-order valence-corrected chi connectivity index (χ2v) is 5.12. The van der Waals surface area contributed by atoms with Crippen molar-refractivity contribution < 1.29 is 9.53 Å². The van der Waals surface area contributed by atoms with Crippen molar-refractivity contribution >= 4 is 5.97 Å². The minimum absolute atomic E-state index is 0.378. The molecule has 1 N–H and O–H groups in total. The smallest absolute Gasteiger partial charge is 0.356 e. The fraction of sp³-hybridized carbons (Fsp3) is 0.600. The van der Waals surface area contributed by atoms with Crippen LogP contribution < -0.4 is 5.32 Å². The number of nitrogens with zero attached hydrogens (tertiary/aromatic N) is 2. The molecule has 20 heavy (non-hydrogen) atoms. The molecule has 5 nitrogen and oxygen atoms in total. The second-order valence-electron chi connectivity index (χ2n) is 5.12. The van der Waals surface area contributed by atoms with Gasteiger partial charge in [-0.2, -0.15) is 0 Å². The summed E-state index contributed by atoms with van der Waals surface area (Å²) in [6.07, 6.45) is 2.30. The highest BCUT2D eigenvalue weighted by molar-refractivity contribution is 5.87. The molecule has 1 atom stereocenters. The molecule has 2 heterocycles. The highest BCUT2D eigenvalue weighted by Gasteiger charge is 2.22. The molecule has 0 aliphatic carbocycles. The summed E-state index contributed by atoms with van der Waals surface area (Å²) in [5.74, 6) is -0.378. The Morgan fingerprint density at radius 3 is 3.05 bits per heavy atom. The van der Waals surface area contributed by atoms with E-state index in [2.05, 4.69) is 22.1 Å². The normalized spacial score (nSPS) is 18.4. The van der Waals surface area contributed by atoms with Crippen LogP contribution in [0.2, 0.25) is 0 Å². The second kappa shape index (κ2) is 7.36. The molecule has 5 heteroatoms. The van der Waals surface area contributed by atoms with Gasteiger partial charge in [0.25, 0.3) is 0 Å². The SMILES string of the molecule is CCCN(Cc1cccc(C(=O)OC)n1)C1CCNC1. The first-order valence-electron chi connectivity index (χ1n) is 7.23. The van der Waals surface area contributed by atoms with Crippen LogP contribution in [0.3, 0.4) is 0 Å². The Labute approximate surface area is 120 Å². The van der Waals surface area contributed by atoms with Gasteiger partial charge in [-0.05, 0) is 38.1 Å². The van der Waals surface area contributed by atoms with E-state index < -0.39 is 0 Å². The minimum Gasteiger partial charge on any atom is -0.464 e. The largest absolute Gasteiger partial charge is 0.464 e. The third-order valence-electron chi connectivity index (χ3n) is 3.63. The average Bonchev–Trinajstić information content (AvgIpc) is 3.00. The van der Waals surface area contributed by atoms with E-state index in [1.165, 1.54) is 13.5 Å². The summed E-state index contributed by atoms with van der Waals surface area (Å²) in [5.41, 5.74) is 1.30. The molecule has 1 aliphatic heterocycles. The number of nitrogens with one attached hydrogen (secondary N) is 1. The maximum atomic E-state index is 11.5. The number of pyridine rings is 1. The summed E-state index contributed by atoms with van der Waals surface area (Å²) in [6.45, 7) is 6.15. The van der Waals surface area contributed by atoms with Crippen LogP contribution in [0.1, 0.15) is 35.9 Å². The molecule has 0 aromatic carbocycles. The van der Waals surface area contributed by atoms with Crippen molar-refractivity contribution in [2.24, 2.45) is 0 Å². The Bertz CT molecular complexity index is 444. The topological polar surface area (TPSA) is 54.5 Å². The van der Waals surface area contributed by atoms with Crippen LogP contribution >= 0.6 is 0 Å². The Morgan fingerprint density at radius 2 is 2.40 bits per heavy atom. The summed E-state index contributed by atoms with van der Waals surface area (Å²) in [6, 6.07) is 6.10. The number of aromatic nitrogens is 1. The van der Waals surface area contributed by atoms with Gasteiger partial charge in [0.2, 0.25) is 0 Å². The molecule has 0 saturated carbocycles. The first-order valence-corrected chi connectivity index (χ1v) is 7.23. The molecule has 0 spiro atoms. The van der Waals surface area contributed by atoms with E-state index in [1.807, 2.05) is 12.1 Å². The zero-order valence-corrected chi connectivity index (χ0v) is 12.3. The third-order valence-corrected chi connectivity index (χ3v) is 3.63. The number of carbonyl (C=O) groups is 1. The van der Waals surface area contributed by atoms with E-state index in [4.69, 9.17) is 4.74 Å². The summed E-state index contributed by atoms with van der Waals surface area (Å²) >= 11 is 0. The van der Waals surface area contributed by atoms with Crippen molar-refractivity contribution in [3.8, 4) is 0 Å². The van der Waals surface area contributed by atoms with Crippen molar-refractivity contribution in [2.45, 2.75) is 32.4 Å².